The molecule has 0 aliphatic rings. The maximum absolute atomic E-state index is 10.2. The number of hydrogen-bond acceptors (Lipinski definition) is 2. The molecule has 0 aliphatic carbocycles. The zero-order chi connectivity index (χ0) is 8.53. The summed E-state index contributed by atoms with van der Waals surface area (Å²) in [5.74, 6) is 0. The van der Waals surface area contributed by atoms with Crippen LogP contribution in [-0.4, -0.2) is 9.97 Å². The van der Waals surface area contributed by atoms with Gasteiger partial charge in [-0.2, -0.15) is 0 Å². The number of rotatable bonds is 0. The van der Waals surface area contributed by atoms with Crippen LogP contribution in [0, 0.1) is 0 Å². The van der Waals surface area contributed by atoms with Gasteiger partial charge in [-0.15, -0.1) is 0 Å². The highest BCUT2D eigenvalue weighted by Gasteiger charge is 1.70. The van der Waals surface area contributed by atoms with E-state index >= 15 is 0 Å². The van der Waals surface area contributed by atoms with E-state index in [1.165, 1.54) is 18.6 Å². The maximum Gasteiger partial charge on any atom is 0.250 e. The molecule has 0 bridgehead atoms. The summed E-state index contributed by atoms with van der Waals surface area (Å²) in [5, 5.41) is 0. The average Bonchev–Trinajstić information content (AvgIpc) is 2.07. The molecule has 1 rings (SSSR count). The SMILES string of the molecule is C/C=C/C.O=c1ccnc[nH]1. The fraction of sp³-hybridized carbons (Fsp3) is 0.250. The topological polar surface area (TPSA) is 45.8 Å². The summed E-state index contributed by atoms with van der Waals surface area (Å²) < 4.78 is 0. The first-order valence-corrected chi connectivity index (χ1v) is 3.37. The van der Waals surface area contributed by atoms with E-state index in [-0.39, 0.29) is 5.56 Å². The van der Waals surface area contributed by atoms with Gasteiger partial charge in [0.15, 0.2) is 0 Å². The molecule has 0 fully saturated rings. The van der Waals surface area contributed by atoms with Crippen LogP contribution in [0.4, 0.5) is 0 Å². The van der Waals surface area contributed by atoms with Crippen LogP contribution in [0.3, 0.4) is 0 Å². The summed E-state index contributed by atoms with van der Waals surface area (Å²) in [6.45, 7) is 4.00. The number of aromatic amines is 1. The highest BCUT2D eigenvalue weighted by molar-refractivity contribution is 4.76. The standard InChI is InChI=1S/C4H4N2O.C4H8/c7-4-1-2-5-3-6-4;1-3-4-2/h1-3H,(H,5,6,7);3-4H,1-2H3/b;4-3+. The molecule has 1 N–H and O–H groups in total. The van der Waals surface area contributed by atoms with E-state index in [1.807, 2.05) is 26.0 Å². The van der Waals surface area contributed by atoms with E-state index in [1.54, 1.807) is 0 Å². The Morgan fingerprint density at radius 3 is 2.27 bits per heavy atom. The number of H-pyrrole nitrogens is 1. The van der Waals surface area contributed by atoms with Crippen molar-refractivity contribution in [3.8, 4) is 0 Å². The molecule has 0 aromatic carbocycles. The van der Waals surface area contributed by atoms with Crippen molar-refractivity contribution in [2.45, 2.75) is 13.8 Å². The molecule has 0 spiro atoms. The van der Waals surface area contributed by atoms with Crippen LogP contribution < -0.4 is 5.56 Å². The minimum Gasteiger partial charge on any atom is -0.313 e. The van der Waals surface area contributed by atoms with Gasteiger partial charge in [-0.05, 0) is 13.8 Å². The van der Waals surface area contributed by atoms with Crippen LogP contribution in [0.25, 0.3) is 0 Å². The van der Waals surface area contributed by atoms with Gasteiger partial charge in [0.05, 0.1) is 6.33 Å². The Bertz CT molecular complexity index is 231. The second kappa shape index (κ2) is 6.74. The molecule has 0 radical (unpaired) electrons. The molecule has 0 saturated heterocycles. The van der Waals surface area contributed by atoms with Crippen LogP contribution >= 0.6 is 0 Å². The van der Waals surface area contributed by atoms with Crippen molar-refractivity contribution >= 4 is 0 Å². The van der Waals surface area contributed by atoms with Gasteiger partial charge in [0, 0.05) is 12.3 Å². The summed E-state index contributed by atoms with van der Waals surface area (Å²) in [6, 6.07) is 1.36. The fourth-order valence-corrected chi connectivity index (χ4v) is 0.303. The molecule has 11 heavy (non-hydrogen) atoms. The van der Waals surface area contributed by atoms with Crippen molar-refractivity contribution in [2.75, 3.05) is 0 Å². The molecule has 1 heterocycles. The largest absolute Gasteiger partial charge is 0.313 e. The summed E-state index contributed by atoms with van der Waals surface area (Å²) in [4.78, 5) is 16.1. The summed E-state index contributed by atoms with van der Waals surface area (Å²) in [6.07, 6.45) is 6.79. The molecular weight excluding hydrogens is 140 g/mol. The van der Waals surface area contributed by atoms with Crippen LogP contribution in [0.1, 0.15) is 13.8 Å². The summed E-state index contributed by atoms with van der Waals surface area (Å²) in [7, 11) is 0. The zero-order valence-electron chi connectivity index (χ0n) is 6.74. The third-order valence-corrected chi connectivity index (χ3v) is 0.927. The van der Waals surface area contributed by atoms with Crippen LogP contribution in [-0.2, 0) is 0 Å². The van der Waals surface area contributed by atoms with Crippen LogP contribution in [0.15, 0.2) is 35.5 Å². The number of nitrogens with zero attached hydrogens (tertiary/aromatic N) is 1. The van der Waals surface area contributed by atoms with Gasteiger partial charge < -0.3 is 4.98 Å². The zero-order valence-corrected chi connectivity index (χ0v) is 6.74. The second-order valence-electron chi connectivity index (χ2n) is 1.77. The molecule has 1 aromatic rings. The van der Waals surface area contributed by atoms with E-state index in [4.69, 9.17) is 0 Å². The van der Waals surface area contributed by atoms with Gasteiger partial charge >= 0.3 is 0 Å². The molecule has 0 unspecified atom stereocenters. The number of aromatic nitrogens is 2. The molecule has 3 heteroatoms. The van der Waals surface area contributed by atoms with Crippen LogP contribution in [0.5, 0.6) is 0 Å². The van der Waals surface area contributed by atoms with E-state index in [0.29, 0.717) is 0 Å². The van der Waals surface area contributed by atoms with E-state index in [0.717, 1.165) is 0 Å². The number of nitrogens with one attached hydrogen (secondary N) is 1. The first kappa shape index (κ1) is 9.62. The third-order valence-electron chi connectivity index (χ3n) is 0.927. The molecule has 0 amide bonds. The van der Waals surface area contributed by atoms with Gasteiger partial charge in [-0.1, -0.05) is 12.2 Å². The predicted octanol–water partition coefficient (Wildman–Crippen LogP) is 1.35. The maximum atomic E-state index is 10.2. The first-order chi connectivity index (χ1) is 5.31. The molecular formula is C8H12N2O. The predicted molar refractivity (Wildman–Crippen MR) is 45.3 cm³/mol. The molecule has 60 valence electrons. The smallest absolute Gasteiger partial charge is 0.250 e. The van der Waals surface area contributed by atoms with Crippen molar-refractivity contribution in [1.82, 2.24) is 9.97 Å². The Labute approximate surface area is 65.8 Å². The van der Waals surface area contributed by atoms with Gasteiger partial charge in [-0.3, -0.25) is 4.79 Å². The Morgan fingerprint density at radius 2 is 2.09 bits per heavy atom. The normalized spacial score (nSPS) is 8.91. The molecule has 0 aliphatic heterocycles. The van der Waals surface area contributed by atoms with Gasteiger partial charge in [0.2, 0.25) is 0 Å². The number of hydrogen-bond donors (Lipinski definition) is 1. The Kier molecular flexibility index (Phi) is 5.89. The van der Waals surface area contributed by atoms with Crippen molar-refractivity contribution in [1.29, 1.82) is 0 Å². The first-order valence-electron chi connectivity index (χ1n) is 3.37. The number of allylic oxidation sites excluding steroid dienone is 2. The van der Waals surface area contributed by atoms with Crippen molar-refractivity contribution in [3.63, 3.8) is 0 Å². The minimum absolute atomic E-state index is 0.116. The highest BCUT2D eigenvalue weighted by atomic mass is 16.1. The Balaban J connectivity index is 0.000000218. The third kappa shape index (κ3) is 6.51. The minimum atomic E-state index is -0.116. The lowest BCUT2D eigenvalue weighted by molar-refractivity contribution is 1.12. The van der Waals surface area contributed by atoms with Crippen molar-refractivity contribution in [3.05, 3.63) is 41.1 Å². The van der Waals surface area contributed by atoms with Crippen LogP contribution in [0.2, 0.25) is 0 Å². The highest BCUT2D eigenvalue weighted by Crippen LogP contribution is 1.58. The summed E-state index contributed by atoms with van der Waals surface area (Å²) in [5.41, 5.74) is -0.116. The average molecular weight is 152 g/mol. The molecule has 1 aromatic heterocycles. The van der Waals surface area contributed by atoms with Crippen molar-refractivity contribution < 1.29 is 0 Å². The quantitative estimate of drug-likeness (QED) is 0.570. The monoisotopic (exact) mass is 152 g/mol. The lowest BCUT2D eigenvalue weighted by Gasteiger charge is -1.73. The van der Waals surface area contributed by atoms with Crippen molar-refractivity contribution in [2.24, 2.45) is 0 Å². The second-order valence-corrected chi connectivity index (χ2v) is 1.77. The lowest BCUT2D eigenvalue weighted by Crippen LogP contribution is -2.00. The van der Waals surface area contributed by atoms with Gasteiger partial charge in [0.25, 0.3) is 5.56 Å². The molecule has 3 nitrogen and oxygen atoms in total. The Morgan fingerprint density at radius 1 is 1.45 bits per heavy atom. The lowest BCUT2D eigenvalue weighted by atomic mass is 10.6. The van der Waals surface area contributed by atoms with Gasteiger partial charge in [0.1, 0.15) is 0 Å². The van der Waals surface area contributed by atoms with E-state index in [9.17, 15) is 4.79 Å². The molecule has 0 saturated carbocycles. The van der Waals surface area contributed by atoms with Gasteiger partial charge in [-0.25, -0.2) is 4.98 Å². The summed E-state index contributed by atoms with van der Waals surface area (Å²) >= 11 is 0. The molecule has 0 atom stereocenters. The van der Waals surface area contributed by atoms with E-state index in [2.05, 4.69) is 9.97 Å². The fourth-order valence-electron chi connectivity index (χ4n) is 0.303. The van der Waals surface area contributed by atoms with E-state index < -0.39 is 0 Å². The Hall–Kier alpha value is -1.38.